The van der Waals surface area contributed by atoms with Crippen LogP contribution in [0.2, 0.25) is 0 Å². The van der Waals surface area contributed by atoms with Gasteiger partial charge >= 0.3 is 0 Å². The van der Waals surface area contributed by atoms with Gasteiger partial charge < -0.3 is 0 Å². The van der Waals surface area contributed by atoms with Gasteiger partial charge in [-0.2, -0.15) is 15.0 Å². The number of nitrogens with zero attached hydrogens (tertiary/aromatic N) is 5. The first-order chi connectivity index (χ1) is 17.1. The van der Waals surface area contributed by atoms with Crippen molar-refractivity contribution in [2.24, 2.45) is 0 Å². The number of hydrazine groups is 1. The van der Waals surface area contributed by atoms with E-state index in [9.17, 15) is 9.59 Å². The molecule has 0 spiro atoms. The number of nitrogens with one attached hydrogen (secondary N) is 2. The van der Waals surface area contributed by atoms with Crippen LogP contribution in [0.15, 0.2) is 97.2 Å². The van der Waals surface area contributed by atoms with Crippen LogP contribution in [0.4, 0.5) is 0 Å². The number of aryl methyl sites for hydroxylation is 1. The molecule has 172 valence electrons. The standard InChI is InChI=1S/C26H21N7O2/c1-18-23(31-33(29-18)21-15-9-4-10-16-21)26(35)28-27-25(34)22-17-32(20-13-7-3-8-14-20)30-24(22)19-11-5-2-6-12-19/h2-17H,1H3,(H,27,34)(H,28,35). The van der Waals surface area contributed by atoms with Gasteiger partial charge in [-0.25, -0.2) is 4.68 Å². The first-order valence-corrected chi connectivity index (χ1v) is 10.9. The second-order valence-corrected chi connectivity index (χ2v) is 7.70. The number of rotatable bonds is 5. The van der Waals surface area contributed by atoms with Crippen molar-refractivity contribution in [3.05, 3.63) is 114 Å². The van der Waals surface area contributed by atoms with Gasteiger partial charge in [-0.1, -0.05) is 66.7 Å². The molecule has 35 heavy (non-hydrogen) atoms. The van der Waals surface area contributed by atoms with Crippen LogP contribution >= 0.6 is 0 Å². The lowest BCUT2D eigenvalue weighted by molar-refractivity contribution is 0.0843. The fourth-order valence-electron chi connectivity index (χ4n) is 3.57. The SMILES string of the molecule is Cc1nn(-c2ccccc2)nc1C(=O)NNC(=O)c1cn(-c2ccccc2)nc1-c1ccccc1. The fourth-order valence-corrected chi connectivity index (χ4v) is 3.57. The Morgan fingerprint density at radius 2 is 1.26 bits per heavy atom. The summed E-state index contributed by atoms with van der Waals surface area (Å²) in [5.41, 5.74) is 8.57. The Morgan fingerprint density at radius 1 is 0.686 bits per heavy atom. The van der Waals surface area contributed by atoms with Crippen molar-refractivity contribution in [2.75, 3.05) is 0 Å². The van der Waals surface area contributed by atoms with E-state index in [1.807, 2.05) is 91.0 Å². The highest BCUT2D eigenvalue weighted by Gasteiger charge is 2.21. The van der Waals surface area contributed by atoms with Crippen molar-refractivity contribution in [1.29, 1.82) is 0 Å². The van der Waals surface area contributed by atoms with Crippen molar-refractivity contribution < 1.29 is 9.59 Å². The van der Waals surface area contributed by atoms with E-state index in [4.69, 9.17) is 0 Å². The first-order valence-electron chi connectivity index (χ1n) is 10.9. The summed E-state index contributed by atoms with van der Waals surface area (Å²) in [6.45, 7) is 1.68. The number of aromatic nitrogens is 5. The molecule has 0 atom stereocenters. The number of carbonyl (C=O) groups is 2. The zero-order valence-corrected chi connectivity index (χ0v) is 18.8. The molecule has 0 unspecified atom stereocenters. The summed E-state index contributed by atoms with van der Waals surface area (Å²) in [7, 11) is 0. The molecule has 0 bridgehead atoms. The lowest BCUT2D eigenvalue weighted by atomic mass is 10.1. The van der Waals surface area contributed by atoms with Crippen molar-refractivity contribution >= 4 is 11.8 Å². The molecule has 0 saturated heterocycles. The van der Waals surface area contributed by atoms with E-state index in [1.54, 1.807) is 17.8 Å². The molecule has 2 amide bonds. The summed E-state index contributed by atoms with van der Waals surface area (Å²) in [6.07, 6.45) is 1.64. The van der Waals surface area contributed by atoms with Gasteiger partial charge in [0.1, 0.15) is 5.69 Å². The molecule has 2 aromatic heterocycles. The maximum absolute atomic E-state index is 13.1. The largest absolute Gasteiger partial charge is 0.292 e. The Balaban J connectivity index is 1.38. The molecule has 0 aliphatic rings. The lowest BCUT2D eigenvalue weighted by Gasteiger charge is -2.06. The second-order valence-electron chi connectivity index (χ2n) is 7.70. The van der Waals surface area contributed by atoms with Gasteiger partial charge in [-0.3, -0.25) is 20.4 Å². The summed E-state index contributed by atoms with van der Waals surface area (Å²) < 4.78 is 1.63. The molecular formula is C26H21N7O2. The normalized spacial score (nSPS) is 10.7. The Morgan fingerprint density at radius 3 is 1.91 bits per heavy atom. The average molecular weight is 464 g/mol. The molecule has 0 radical (unpaired) electrons. The number of amides is 2. The zero-order valence-electron chi connectivity index (χ0n) is 18.8. The summed E-state index contributed by atoms with van der Waals surface area (Å²) >= 11 is 0. The molecule has 0 aliphatic heterocycles. The van der Waals surface area contributed by atoms with Gasteiger partial charge in [0, 0.05) is 11.8 Å². The van der Waals surface area contributed by atoms with Gasteiger partial charge in [0.25, 0.3) is 11.8 Å². The van der Waals surface area contributed by atoms with E-state index in [2.05, 4.69) is 26.1 Å². The van der Waals surface area contributed by atoms with Gasteiger partial charge in [-0.05, 0) is 31.2 Å². The second kappa shape index (κ2) is 9.44. The monoisotopic (exact) mass is 463 g/mol. The predicted molar refractivity (Wildman–Crippen MR) is 130 cm³/mol. The maximum Gasteiger partial charge on any atom is 0.292 e. The number of carbonyl (C=O) groups excluding carboxylic acids is 2. The van der Waals surface area contributed by atoms with Crippen LogP contribution in [0.5, 0.6) is 0 Å². The van der Waals surface area contributed by atoms with E-state index in [-0.39, 0.29) is 5.69 Å². The van der Waals surface area contributed by atoms with Gasteiger partial charge in [0.05, 0.1) is 22.6 Å². The zero-order chi connectivity index (χ0) is 24.2. The van der Waals surface area contributed by atoms with Gasteiger partial charge in [-0.15, -0.1) is 5.10 Å². The minimum absolute atomic E-state index is 0.109. The molecule has 5 rings (SSSR count). The fraction of sp³-hybridized carbons (Fsp3) is 0.0385. The number of para-hydroxylation sites is 2. The molecule has 9 nitrogen and oxygen atoms in total. The number of benzene rings is 3. The van der Waals surface area contributed by atoms with Gasteiger partial charge in [0.15, 0.2) is 5.69 Å². The summed E-state index contributed by atoms with van der Waals surface area (Å²) in [5, 5.41) is 13.2. The highest BCUT2D eigenvalue weighted by Crippen LogP contribution is 2.23. The first kappa shape index (κ1) is 21.8. The van der Waals surface area contributed by atoms with Crippen LogP contribution < -0.4 is 10.9 Å². The van der Waals surface area contributed by atoms with E-state index < -0.39 is 11.8 Å². The van der Waals surface area contributed by atoms with Crippen LogP contribution in [0.1, 0.15) is 26.5 Å². The predicted octanol–water partition coefficient (Wildman–Crippen LogP) is 3.50. The molecule has 0 fully saturated rings. The minimum atomic E-state index is -0.574. The number of hydrogen-bond donors (Lipinski definition) is 2. The van der Waals surface area contributed by atoms with Crippen LogP contribution in [0, 0.1) is 6.92 Å². The molecule has 3 aromatic carbocycles. The van der Waals surface area contributed by atoms with Crippen LogP contribution in [0.25, 0.3) is 22.6 Å². The highest BCUT2D eigenvalue weighted by atomic mass is 16.2. The van der Waals surface area contributed by atoms with E-state index in [0.717, 1.165) is 16.9 Å². The molecule has 9 heteroatoms. The summed E-state index contributed by atoms with van der Waals surface area (Å²) in [6, 6.07) is 28.1. The molecule has 0 aliphatic carbocycles. The molecule has 5 aromatic rings. The van der Waals surface area contributed by atoms with Crippen molar-refractivity contribution in [2.45, 2.75) is 6.92 Å². The molecule has 0 saturated carbocycles. The van der Waals surface area contributed by atoms with Crippen LogP contribution in [-0.2, 0) is 0 Å². The Kier molecular flexibility index (Phi) is 5.87. The maximum atomic E-state index is 13.1. The van der Waals surface area contributed by atoms with Crippen LogP contribution in [-0.4, -0.2) is 36.6 Å². The van der Waals surface area contributed by atoms with E-state index >= 15 is 0 Å². The minimum Gasteiger partial charge on any atom is -0.267 e. The van der Waals surface area contributed by atoms with Gasteiger partial charge in [0.2, 0.25) is 0 Å². The Hall–Kier alpha value is -5.05. The third kappa shape index (κ3) is 4.55. The lowest BCUT2D eigenvalue weighted by Crippen LogP contribution is -2.42. The van der Waals surface area contributed by atoms with Crippen molar-refractivity contribution in [1.82, 2.24) is 35.6 Å². The molecule has 2 heterocycles. The summed E-state index contributed by atoms with van der Waals surface area (Å²) in [5.74, 6) is -1.08. The Labute approximate surface area is 201 Å². The Bertz CT molecular complexity index is 1480. The van der Waals surface area contributed by atoms with Crippen LogP contribution in [0.3, 0.4) is 0 Å². The van der Waals surface area contributed by atoms with Crippen molar-refractivity contribution in [3.63, 3.8) is 0 Å². The molecular weight excluding hydrogens is 442 g/mol. The molecule has 2 N–H and O–H groups in total. The average Bonchev–Trinajstić information content (AvgIpc) is 3.53. The van der Waals surface area contributed by atoms with E-state index in [1.165, 1.54) is 4.80 Å². The topological polar surface area (TPSA) is 107 Å². The third-order valence-electron chi connectivity index (χ3n) is 5.30. The van der Waals surface area contributed by atoms with Crippen molar-refractivity contribution in [3.8, 4) is 22.6 Å². The summed E-state index contributed by atoms with van der Waals surface area (Å²) in [4.78, 5) is 27.3. The smallest absolute Gasteiger partial charge is 0.267 e. The van der Waals surface area contributed by atoms with E-state index in [0.29, 0.717) is 17.0 Å². The quantitative estimate of drug-likeness (QED) is 0.388. The highest BCUT2D eigenvalue weighted by molar-refractivity contribution is 6.02. The third-order valence-corrected chi connectivity index (χ3v) is 5.30. The number of hydrogen-bond acceptors (Lipinski definition) is 5.